The molecule has 2 aliphatic heterocycles. The van der Waals surface area contributed by atoms with E-state index in [2.05, 4.69) is 28.7 Å². The second kappa shape index (κ2) is 8.13. The highest BCUT2D eigenvalue weighted by molar-refractivity contribution is 8.00. The minimum absolute atomic E-state index is 0.114. The van der Waals surface area contributed by atoms with E-state index in [1.807, 2.05) is 11.8 Å². The van der Waals surface area contributed by atoms with Crippen molar-refractivity contribution in [2.45, 2.75) is 38.3 Å². The minimum Gasteiger partial charge on any atom is -0.339 e. The number of thioether (sulfide) groups is 1. The van der Waals surface area contributed by atoms with Crippen molar-refractivity contribution in [2.24, 2.45) is 0 Å². The number of hydrogen-bond acceptors (Lipinski definition) is 8. The third-order valence-electron chi connectivity index (χ3n) is 5.83. The second-order valence-electron chi connectivity index (χ2n) is 7.80. The Labute approximate surface area is 179 Å². The molecule has 1 atom stereocenters. The minimum atomic E-state index is -2.87. The van der Waals surface area contributed by atoms with Gasteiger partial charge in [0.05, 0.1) is 17.3 Å². The lowest BCUT2D eigenvalue weighted by molar-refractivity contribution is -0.130. The maximum Gasteiger partial charge on any atom is 0.233 e. The lowest BCUT2D eigenvalue weighted by atomic mass is 10.2. The van der Waals surface area contributed by atoms with Crippen molar-refractivity contribution in [1.82, 2.24) is 19.8 Å². The Balaban J connectivity index is 1.36. The van der Waals surface area contributed by atoms with Crippen LogP contribution in [0.2, 0.25) is 0 Å². The zero-order chi connectivity index (χ0) is 20.8. The molecule has 4 rings (SSSR count). The average molecular weight is 455 g/mol. The topological polar surface area (TPSA) is 83.5 Å². The fourth-order valence-electron chi connectivity index (χ4n) is 4.04. The molecular weight excluding hydrogens is 428 g/mol. The van der Waals surface area contributed by atoms with E-state index in [4.69, 9.17) is 0 Å². The number of hydrogen-bond donors (Lipinski definition) is 0. The molecule has 7 nitrogen and oxygen atoms in total. The van der Waals surface area contributed by atoms with Gasteiger partial charge in [-0.15, -0.1) is 11.3 Å². The molecule has 2 aliphatic rings. The first kappa shape index (κ1) is 21.0. The quantitative estimate of drug-likeness (QED) is 0.516. The summed E-state index contributed by atoms with van der Waals surface area (Å²) in [6, 6.07) is 0.119. The summed E-state index contributed by atoms with van der Waals surface area (Å²) in [5.41, 5.74) is 1.19. The molecule has 2 aromatic rings. The van der Waals surface area contributed by atoms with Crippen LogP contribution in [0.1, 0.15) is 22.7 Å². The van der Waals surface area contributed by atoms with Crippen LogP contribution in [0.15, 0.2) is 5.03 Å². The van der Waals surface area contributed by atoms with Crippen LogP contribution in [0.5, 0.6) is 0 Å². The van der Waals surface area contributed by atoms with Gasteiger partial charge >= 0.3 is 0 Å². The number of fused-ring (bicyclic) bond motifs is 1. The molecule has 0 aromatic carbocycles. The summed E-state index contributed by atoms with van der Waals surface area (Å²) < 4.78 is 23.4. The van der Waals surface area contributed by atoms with Gasteiger partial charge in [-0.1, -0.05) is 11.8 Å². The number of sulfone groups is 1. The van der Waals surface area contributed by atoms with Gasteiger partial charge in [0.1, 0.15) is 15.7 Å². The van der Waals surface area contributed by atoms with Crippen molar-refractivity contribution in [1.29, 1.82) is 0 Å². The number of aromatic nitrogens is 2. The molecule has 1 amide bonds. The van der Waals surface area contributed by atoms with E-state index in [0.717, 1.165) is 34.2 Å². The fourth-order valence-corrected chi connectivity index (χ4v) is 7.97. The normalized spacial score (nSPS) is 22.4. The van der Waals surface area contributed by atoms with Crippen molar-refractivity contribution in [2.75, 3.05) is 43.4 Å². The lowest BCUT2D eigenvalue weighted by Gasteiger charge is -2.37. The van der Waals surface area contributed by atoms with Crippen LogP contribution in [-0.4, -0.2) is 83.6 Å². The van der Waals surface area contributed by atoms with Crippen molar-refractivity contribution < 1.29 is 13.2 Å². The molecule has 29 heavy (non-hydrogen) atoms. The van der Waals surface area contributed by atoms with Crippen molar-refractivity contribution in [3.8, 4) is 0 Å². The molecular formula is C19H26N4O3S3. The number of aryl methyl sites for hydroxylation is 3. The fraction of sp³-hybridized carbons (Fsp3) is 0.632. The summed E-state index contributed by atoms with van der Waals surface area (Å²) in [4.78, 5) is 28.2. The summed E-state index contributed by atoms with van der Waals surface area (Å²) in [7, 11) is -2.87. The number of thiophene rings is 1. The van der Waals surface area contributed by atoms with Gasteiger partial charge in [0, 0.05) is 42.5 Å². The van der Waals surface area contributed by atoms with E-state index < -0.39 is 9.84 Å². The van der Waals surface area contributed by atoms with Gasteiger partial charge in [0.2, 0.25) is 5.91 Å². The van der Waals surface area contributed by atoms with Gasteiger partial charge in [-0.2, -0.15) is 0 Å². The SMILES string of the molecule is Cc1nc(SCC(=O)N2CCN(C3CCS(=O)(=O)C3)CC2)c2c(C)c(C)sc2n1. The van der Waals surface area contributed by atoms with Gasteiger partial charge in [-0.05, 0) is 32.8 Å². The number of carbonyl (C=O) groups is 1. The monoisotopic (exact) mass is 454 g/mol. The van der Waals surface area contributed by atoms with E-state index in [1.54, 1.807) is 11.3 Å². The van der Waals surface area contributed by atoms with E-state index in [1.165, 1.54) is 22.2 Å². The van der Waals surface area contributed by atoms with Crippen molar-refractivity contribution in [3.05, 3.63) is 16.3 Å². The first-order valence-corrected chi connectivity index (χ1v) is 13.5. The predicted molar refractivity (Wildman–Crippen MR) is 118 cm³/mol. The van der Waals surface area contributed by atoms with Crippen LogP contribution in [0.4, 0.5) is 0 Å². The summed E-state index contributed by atoms with van der Waals surface area (Å²) in [6.45, 7) is 8.87. The summed E-state index contributed by atoms with van der Waals surface area (Å²) in [6.07, 6.45) is 0.717. The molecule has 2 aromatic heterocycles. The summed E-state index contributed by atoms with van der Waals surface area (Å²) in [5.74, 6) is 1.76. The third-order valence-corrected chi connectivity index (χ3v) is 9.64. The molecule has 4 heterocycles. The number of nitrogens with zero attached hydrogens (tertiary/aromatic N) is 4. The highest BCUT2D eigenvalue weighted by atomic mass is 32.2. The zero-order valence-electron chi connectivity index (χ0n) is 17.0. The Morgan fingerprint density at radius 2 is 1.90 bits per heavy atom. The summed E-state index contributed by atoms with van der Waals surface area (Å²) in [5, 5.41) is 1.96. The van der Waals surface area contributed by atoms with Crippen molar-refractivity contribution >= 4 is 49.1 Å². The third kappa shape index (κ3) is 4.45. The standard InChI is InChI=1S/C19H26N4O3S3/c1-12-13(2)28-19-17(12)18(20-14(3)21-19)27-10-16(24)23-7-5-22(6-8-23)15-4-9-29(25,26)11-15/h15H,4-11H2,1-3H3. The Morgan fingerprint density at radius 1 is 1.17 bits per heavy atom. The second-order valence-corrected chi connectivity index (χ2v) is 12.2. The summed E-state index contributed by atoms with van der Waals surface area (Å²) >= 11 is 3.16. The average Bonchev–Trinajstić information content (AvgIpc) is 3.18. The molecule has 0 N–H and O–H groups in total. The molecule has 1 unspecified atom stereocenters. The van der Waals surface area contributed by atoms with Gasteiger partial charge in [-0.25, -0.2) is 18.4 Å². The number of rotatable bonds is 4. The lowest BCUT2D eigenvalue weighted by Crippen LogP contribution is -2.52. The molecule has 2 fully saturated rings. The van der Waals surface area contributed by atoms with Crippen molar-refractivity contribution in [3.63, 3.8) is 0 Å². The largest absolute Gasteiger partial charge is 0.339 e. The van der Waals surface area contributed by atoms with Crippen LogP contribution >= 0.6 is 23.1 Å². The maximum atomic E-state index is 12.8. The van der Waals surface area contributed by atoms with Gasteiger partial charge in [0.15, 0.2) is 9.84 Å². The van der Waals surface area contributed by atoms with Crippen LogP contribution in [0.25, 0.3) is 10.2 Å². The molecule has 0 radical (unpaired) electrons. The Kier molecular flexibility index (Phi) is 5.89. The van der Waals surface area contributed by atoms with Crippen LogP contribution in [0, 0.1) is 20.8 Å². The molecule has 0 aliphatic carbocycles. The van der Waals surface area contributed by atoms with E-state index >= 15 is 0 Å². The molecule has 0 spiro atoms. The number of amides is 1. The first-order chi connectivity index (χ1) is 13.7. The Hall–Kier alpha value is -1.23. The molecule has 10 heteroatoms. The first-order valence-electron chi connectivity index (χ1n) is 9.83. The number of piperazine rings is 1. The van der Waals surface area contributed by atoms with E-state index in [9.17, 15) is 13.2 Å². The van der Waals surface area contributed by atoms with Gasteiger partial charge < -0.3 is 4.90 Å². The molecule has 0 saturated carbocycles. The van der Waals surface area contributed by atoms with Gasteiger partial charge in [0.25, 0.3) is 0 Å². The molecule has 158 valence electrons. The highest BCUT2D eigenvalue weighted by Gasteiger charge is 2.34. The smallest absolute Gasteiger partial charge is 0.233 e. The zero-order valence-corrected chi connectivity index (χ0v) is 19.4. The highest BCUT2D eigenvalue weighted by Crippen LogP contribution is 2.35. The predicted octanol–water partition coefficient (Wildman–Crippen LogP) is 2.04. The van der Waals surface area contributed by atoms with E-state index in [0.29, 0.717) is 31.0 Å². The molecule has 0 bridgehead atoms. The van der Waals surface area contributed by atoms with Gasteiger partial charge in [-0.3, -0.25) is 9.69 Å². The van der Waals surface area contributed by atoms with Crippen LogP contribution in [-0.2, 0) is 14.6 Å². The maximum absolute atomic E-state index is 12.8. The van der Waals surface area contributed by atoms with Crippen LogP contribution < -0.4 is 0 Å². The molecule has 2 saturated heterocycles. The Bertz CT molecular complexity index is 1040. The Morgan fingerprint density at radius 3 is 2.55 bits per heavy atom. The van der Waals surface area contributed by atoms with Crippen LogP contribution in [0.3, 0.4) is 0 Å². The van der Waals surface area contributed by atoms with E-state index in [-0.39, 0.29) is 17.7 Å². The number of carbonyl (C=O) groups excluding carboxylic acids is 1.